The maximum absolute atomic E-state index is 11.4. The molecule has 0 aromatic rings. The van der Waals surface area contributed by atoms with Crippen molar-refractivity contribution < 1.29 is 40.3 Å². The van der Waals surface area contributed by atoms with Crippen molar-refractivity contribution in [3.63, 3.8) is 0 Å². The fraction of sp³-hybridized carbons (Fsp3) is 1.00. The Kier molecular flexibility index (Phi) is 11.9. The first-order valence-corrected chi connectivity index (χ1v) is 9.65. The van der Waals surface area contributed by atoms with Crippen LogP contribution in [0.25, 0.3) is 0 Å². The molecule has 0 amide bonds. The molecule has 0 aliphatic carbocycles. The SMILES string of the molecule is C[C@H]([O-])CN1CCN(CCS(=O)(=O)[O-])CCN(C[C@H](C)[O-])CC1.[Fe+6]. The van der Waals surface area contributed by atoms with E-state index in [4.69, 9.17) is 0 Å². The third kappa shape index (κ3) is 11.7. The molecule has 0 radical (unpaired) electrons. The quantitative estimate of drug-likeness (QED) is 0.324. The van der Waals surface area contributed by atoms with Gasteiger partial charge in [0.15, 0.2) is 0 Å². The largest absolute Gasteiger partial charge is 6.00 e. The fourth-order valence-electron chi connectivity index (χ4n) is 2.74. The summed E-state index contributed by atoms with van der Waals surface area (Å²) in [6, 6.07) is 0. The molecule has 1 rings (SSSR count). The summed E-state index contributed by atoms with van der Waals surface area (Å²) in [7, 11) is -4.24. The van der Waals surface area contributed by atoms with Crippen LogP contribution < -0.4 is 10.2 Å². The average Bonchev–Trinajstić information content (AvgIpc) is 2.47. The molecule has 24 heavy (non-hydrogen) atoms. The van der Waals surface area contributed by atoms with Crippen LogP contribution in [0.3, 0.4) is 0 Å². The fourth-order valence-corrected chi connectivity index (χ4v) is 3.22. The summed E-state index contributed by atoms with van der Waals surface area (Å²) >= 11 is 0. The van der Waals surface area contributed by atoms with Crippen molar-refractivity contribution in [1.82, 2.24) is 14.7 Å². The first-order chi connectivity index (χ1) is 10.7. The van der Waals surface area contributed by atoms with Gasteiger partial charge in [0.1, 0.15) is 0 Å². The van der Waals surface area contributed by atoms with E-state index >= 15 is 0 Å². The molecular formula is C14H28FeN3O5S+3. The standard InChI is InChI=1S/C14H29N3O5S.Fe/c1-13(18)11-16-5-3-15(9-10-23(20,21)22)4-6-17(8-7-16)12-14(2)19;/h13-14H,3-12H2,1-2H3,(H,20,21,22);/q-2;+6/p-1/t13-,14-;/m0./s1. The molecule has 1 aliphatic heterocycles. The van der Waals surface area contributed by atoms with E-state index in [1.807, 2.05) is 14.7 Å². The van der Waals surface area contributed by atoms with E-state index in [0.29, 0.717) is 52.4 Å². The Bertz CT molecular complexity index is 414. The van der Waals surface area contributed by atoms with Gasteiger partial charge in [-0.2, -0.15) is 0 Å². The Balaban J connectivity index is 0.00000529. The van der Waals surface area contributed by atoms with Gasteiger partial charge in [-0.25, -0.2) is 8.42 Å². The van der Waals surface area contributed by atoms with Crippen LogP contribution >= 0.6 is 0 Å². The minimum atomic E-state index is -4.24. The van der Waals surface area contributed by atoms with Gasteiger partial charge in [-0.05, 0) is 13.1 Å². The van der Waals surface area contributed by atoms with Crippen LogP contribution in [0.1, 0.15) is 13.8 Å². The summed E-state index contributed by atoms with van der Waals surface area (Å²) in [5.74, 6) is -0.414. The first kappa shape index (κ1) is 24.2. The van der Waals surface area contributed by atoms with Gasteiger partial charge in [0, 0.05) is 45.8 Å². The molecule has 0 spiro atoms. The Morgan fingerprint density at radius 2 is 1.17 bits per heavy atom. The summed E-state index contributed by atoms with van der Waals surface area (Å²) in [4.78, 5) is 6.01. The van der Waals surface area contributed by atoms with Crippen molar-refractivity contribution in [2.45, 2.75) is 26.1 Å². The number of hydrogen-bond donors (Lipinski definition) is 0. The van der Waals surface area contributed by atoms with Crippen LogP contribution in [-0.2, 0) is 27.2 Å². The minimum absolute atomic E-state index is 0. The Hall–Kier alpha value is 0.229. The first-order valence-electron chi connectivity index (χ1n) is 8.08. The molecule has 140 valence electrons. The van der Waals surface area contributed by atoms with Crippen LogP contribution in [0.5, 0.6) is 0 Å². The van der Waals surface area contributed by atoms with E-state index in [2.05, 4.69) is 0 Å². The van der Waals surface area contributed by atoms with Crippen LogP contribution in [0.4, 0.5) is 0 Å². The van der Waals surface area contributed by atoms with Gasteiger partial charge in [-0.15, -0.1) is 12.2 Å². The summed E-state index contributed by atoms with van der Waals surface area (Å²) < 4.78 is 32.5. The van der Waals surface area contributed by atoms with Gasteiger partial charge in [-0.1, -0.05) is 13.8 Å². The molecule has 0 aromatic heterocycles. The molecule has 10 heteroatoms. The van der Waals surface area contributed by atoms with Crippen molar-refractivity contribution in [2.75, 3.05) is 64.7 Å². The molecule has 1 saturated heterocycles. The van der Waals surface area contributed by atoms with Crippen molar-refractivity contribution in [2.24, 2.45) is 0 Å². The molecule has 1 heterocycles. The molecule has 1 fully saturated rings. The van der Waals surface area contributed by atoms with Gasteiger partial charge in [0.05, 0.1) is 15.9 Å². The van der Waals surface area contributed by atoms with Crippen LogP contribution in [0.15, 0.2) is 0 Å². The Labute approximate surface area is 156 Å². The molecule has 1 aliphatic rings. The molecule has 0 N–H and O–H groups in total. The summed E-state index contributed by atoms with van der Waals surface area (Å²) in [6.07, 6.45) is -1.39. The van der Waals surface area contributed by atoms with E-state index in [-0.39, 0.29) is 23.6 Å². The second kappa shape index (κ2) is 11.8. The van der Waals surface area contributed by atoms with Crippen LogP contribution in [0, 0.1) is 0 Å². The summed E-state index contributed by atoms with van der Waals surface area (Å²) in [5, 5.41) is 22.9. The molecule has 0 bridgehead atoms. The van der Waals surface area contributed by atoms with Gasteiger partial charge < -0.3 is 24.6 Å². The third-order valence-electron chi connectivity index (χ3n) is 3.89. The van der Waals surface area contributed by atoms with Gasteiger partial charge in [0.25, 0.3) is 0 Å². The van der Waals surface area contributed by atoms with E-state index in [0.717, 1.165) is 0 Å². The van der Waals surface area contributed by atoms with E-state index in [9.17, 15) is 23.2 Å². The Morgan fingerprint density at radius 1 is 0.833 bits per heavy atom. The minimum Gasteiger partial charge on any atom is -0.851 e. The zero-order chi connectivity index (χ0) is 17.5. The Morgan fingerprint density at radius 3 is 1.46 bits per heavy atom. The van der Waals surface area contributed by atoms with Crippen LogP contribution in [-0.4, -0.2) is 105 Å². The summed E-state index contributed by atoms with van der Waals surface area (Å²) in [6.45, 7) is 8.25. The number of nitrogens with zero attached hydrogens (tertiary/aromatic N) is 3. The predicted octanol–water partition coefficient (Wildman–Crippen LogP) is -3.05. The second-order valence-corrected chi connectivity index (χ2v) is 7.85. The topological polar surface area (TPSA) is 113 Å². The molecule has 2 atom stereocenters. The maximum atomic E-state index is 11.4. The number of rotatable bonds is 7. The van der Waals surface area contributed by atoms with Crippen molar-refractivity contribution >= 4 is 10.1 Å². The molecular weight excluding hydrogens is 378 g/mol. The molecule has 0 aromatic carbocycles. The molecule has 0 saturated carbocycles. The number of hydrogen-bond acceptors (Lipinski definition) is 8. The maximum Gasteiger partial charge on any atom is 6.00 e. The van der Waals surface area contributed by atoms with Gasteiger partial charge in [0.2, 0.25) is 0 Å². The smallest absolute Gasteiger partial charge is 0.851 e. The summed E-state index contributed by atoms with van der Waals surface area (Å²) in [5.41, 5.74) is 0. The van der Waals surface area contributed by atoms with E-state index < -0.39 is 28.1 Å². The monoisotopic (exact) mass is 406 g/mol. The van der Waals surface area contributed by atoms with E-state index in [1.165, 1.54) is 0 Å². The zero-order valence-corrected chi connectivity index (χ0v) is 16.3. The average molecular weight is 406 g/mol. The molecule has 0 unspecified atom stereocenters. The van der Waals surface area contributed by atoms with Crippen molar-refractivity contribution in [3.05, 3.63) is 0 Å². The second-order valence-electron chi connectivity index (χ2n) is 6.33. The predicted molar refractivity (Wildman–Crippen MR) is 82.8 cm³/mol. The molecule has 8 nitrogen and oxygen atoms in total. The van der Waals surface area contributed by atoms with Gasteiger partial charge >= 0.3 is 17.1 Å². The van der Waals surface area contributed by atoms with Crippen LogP contribution in [0.2, 0.25) is 0 Å². The van der Waals surface area contributed by atoms with E-state index in [1.54, 1.807) is 13.8 Å². The zero-order valence-electron chi connectivity index (χ0n) is 14.4. The van der Waals surface area contributed by atoms with Crippen molar-refractivity contribution in [3.8, 4) is 0 Å². The normalized spacial score (nSPS) is 22.0. The third-order valence-corrected chi connectivity index (χ3v) is 4.57. The van der Waals surface area contributed by atoms with Crippen molar-refractivity contribution in [1.29, 1.82) is 0 Å². The van der Waals surface area contributed by atoms with Gasteiger partial charge in [-0.3, -0.25) is 4.90 Å².